The molecule has 1 aromatic heterocycles. The minimum Gasteiger partial charge on any atom is -0.471 e. The van der Waals surface area contributed by atoms with Crippen molar-refractivity contribution in [3.63, 3.8) is 0 Å². The van der Waals surface area contributed by atoms with E-state index in [0.29, 0.717) is 12.1 Å². The van der Waals surface area contributed by atoms with Crippen LogP contribution in [-0.2, 0) is 6.54 Å². The van der Waals surface area contributed by atoms with E-state index in [0.717, 1.165) is 12.1 Å². The third-order valence-corrected chi connectivity index (χ3v) is 2.93. The Morgan fingerprint density at radius 3 is 2.81 bits per heavy atom. The first-order chi connectivity index (χ1) is 10.3. The van der Waals surface area contributed by atoms with Gasteiger partial charge in [0, 0.05) is 18.3 Å². The average Bonchev–Trinajstić information content (AvgIpc) is 2.53. The number of nitrogens with zero attached hydrogens (tertiary/aromatic N) is 1. The van der Waals surface area contributed by atoms with Crippen molar-refractivity contribution in [3.05, 3.63) is 65.6 Å². The highest BCUT2D eigenvalue weighted by molar-refractivity contribution is 5.48. The van der Waals surface area contributed by atoms with Gasteiger partial charge in [0.2, 0.25) is 0 Å². The highest BCUT2D eigenvalue weighted by atomic mass is 19.1. The second-order valence-corrected chi connectivity index (χ2v) is 4.49. The fraction of sp³-hybridized carbons (Fsp3) is 0.235. The van der Waals surface area contributed by atoms with Gasteiger partial charge in [-0.2, -0.15) is 0 Å². The summed E-state index contributed by atoms with van der Waals surface area (Å²) in [5, 5.41) is 3.08. The van der Waals surface area contributed by atoms with Crippen LogP contribution in [0.2, 0.25) is 0 Å². The van der Waals surface area contributed by atoms with Gasteiger partial charge in [0.15, 0.2) is 5.82 Å². The van der Waals surface area contributed by atoms with Crippen LogP contribution in [0.3, 0.4) is 0 Å². The van der Waals surface area contributed by atoms with Crippen LogP contribution in [0.25, 0.3) is 6.08 Å². The molecule has 3 nitrogen and oxygen atoms in total. The molecule has 0 unspecified atom stereocenters. The van der Waals surface area contributed by atoms with E-state index >= 15 is 0 Å². The number of nitrogens with one attached hydrogen (secondary N) is 1. The lowest BCUT2D eigenvalue weighted by Gasteiger charge is -2.08. The third-order valence-electron chi connectivity index (χ3n) is 2.93. The van der Waals surface area contributed by atoms with Gasteiger partial charge in [-0.15, -0.1) is 0 Å². The maximum absolute atomic E-state index is 14.1. The van der Waals surface area contributed by atoms with Gasteiger partial charge < -0.3 is 10.1 Å². The van der Waals surface area contributed by atoms with Gasteiger partial charge in [-0.25, -0.2) is 9.37 Å². The zero-order valence-corrected chi connectivity index (χ0v) is 12.1. The number of rotatable bonds is 7. The van der Waals surface area contributed by atoms with Crippen molar-refractivity contribution >= 4 is 6.08 Å². The number of ether oxygens (including phenoxy) is 1. The fourth-order valence-corrected chi connectivity index (χ4v) is 1.83. The Kier molecular flexibility index (Phi) is 5.91. The molecule has 0 fully saturated rings. The van der Waals surface area contributed by atoms with E-state index in [1.54, 1.807) is 12.3 Å². The molecule has 0 spiro atoms. The summed E-state index contributed by atoms with van der Waals surface area (Å²) in [6.07, 6.45) is 5.33. The highest BCUT2D eigenvalue weighted by Crippen LogP contribution is 2.17. The van der Waals surface area contributed by atoms with Gasteiger partial charge in [-0.05, 0) is 24.3 Å². The summed E-state index contributed by atoms with van der Waals surface area (Å²) in [6.45, 7) is 3.52. The Bertz CT molecular complexity index is 585. The molecule has 0 aliphatic carbocycles. The number of pyridine rings is 1. The number of aromatic nitrogens is 1. The number of hydrogen-bond acceptors (Lipinski definition) is 3. The largest absolute Gasteiger partial charge is 0.471 e. The molecule has 1 aromatic carbocycles. The molecule has 0 aliphatic heterocycles. The molecule has 4 heteroatoms. The molecule has 0 saturated heterocycles. The van der Waals surface area contributed by atoms with Crippen LogP contribution in [-0.4, -0.2) is 18.1 Å². The van der Waals surface area contributed by atoms with E-state index in [2.05, 4.69) is 10.3 Å². The zero-order valence-electron chi connectivity index (χ0n) is 12.1. The smallest absolute Gasteiger partial charge is 0.251 e. The molecule has 0 aliphatic rings. The second-order valence-electron chi connectivity index (χ2n) is 4.49. The summed E-state index contributed by atoms with van der Waals surface area (Å²) in [5.41, 5.74) is 1.64. The van der Waals surface area contributed by atoms with Gasteiger partial charge in [0.1, 0.15) is 6.61 Å². The van der Waals surface area contributed by atoms with Crippen LogP contribution < -0.4 is 10.1 Å². The first-order valence-corrected chi connectivity index (χ1v) is 6.99. The standard InChI is InChI=1S/C17H19FN2O/c1-2-19-13-15-10-11-20-17(16(15)18)21-12-6-9-14-7-4-3-5-8-14/h3-11,19H,2,12-13H2,1H3/b9-6+. The van der Waals surface area contributed by atoms with E-state index < -0.39 is 5.82 Å². The summed E-state index contributed by atoms with van der Waals surface area (Å²) in [6, 6.07) is 11.5. The predicted molar refractivity (Wildman–Crippen MR) is 82.5 cm³/mol. The summed E-state index contributed by atoms with van der Waals surface area (Å²) in [5.74, 6) is -0.352. The summed E-state index contributed by atoms with van der Waals surface area (Å²) >= 11 is 0. The molecule has 21 heavy (non-hydrogen) atoms. The maximum Gasteiger partial charge on any atom is 0.251 e. The Morgan fingerprint density at radius 1 is 1.24 bits per heavy atom. The van der Waals surface area contributed by atoms with Crippen LogP contribution in [0.4, 0.5) is 4.39 Å². The van der Waals surface area contributed by atoms with Crippen LogP contribution >= 0.6 is 0 Å². The molecule has 1 heterocycles. The number of hydrogen-bond donors (Lipinski definition) is 1. The SMILES string of the molecule is CCNCc1ccnc(OC/C=C/c2ccccc2)c1F. The Hall–Kier alpha value is -2.20. The van der Waals surface area contributed by atoms with Crippen molar-refractivity contribution in [2.75, 3.05) is 13.2 Å². The minimum atomic E-state index is -0.397. The lowest BCUT2D eigenvalue weighted by molar-refractivity contribution is 0.325. The lowest BCUT2D eigenvalue weighted by Crippen LogP contribution is -2.13. The van der Waals surface area contributed by atoms with Crippen molar-refractivity contribution in [2.45, 2.75) is 13.5 Å². The van der Waals surface area contributed by atoms with Gasteiger partial charge in [-0.3, -0.25) is 0 Å². The van der Waals surface area contributed by atoms with E-state index in [4.69, 9.17) is 4.74 Å². The van der Waals surface area contributed by atoms with Crippen LogP contribution in [0.5, 0.6) is 5.88 Å². The molecule has 0 amide bonds. The monoisotopic (exact) mass is 286 g/mol. The van der Waals surface area contributed by atoms with Gasteiger partial charge in [-0.1, -0.05) is 43.3 Å². The molecule has 0 radical (unpaired) electrons. The lowest BCUT2D eigenvalue weighted by atomic mass is 10.2. The van der Waals surface area contributed by atoms with Crippen molar-refractivity contribution in [1.82, 2.24) is 10.3 Å². The topological polar surface area (TPSA) is 34.2 Å². The van der Waals surface area contributed by atoms with Crippen LogP contribution in [0.15, 0.2) is 48.7 Å². The van der Waals surface area contributed by atoms with Crippen LogP contribution in [0, 0.1) is 5.82 Å². The fourth-order valence-electron chi connectivity index (χ4n) is 1.83. The number of benzene rings is 1. The Labute approximate surface area is 124 Å². The van der Waals surface area contributed by atoms with E-state index in [-0.39, 0.29) is 12.5 Å². The minimum absolute atomic E-state index is 0.0446. The van der Waals surface area contributed by atoms with Gasteiger partial charge in [0.05, 0.1) is 0 Å². The molecule has 1 N–H and O–H groups in total. The van der Waals surface area contributed by atoms with Gasteiger partial charge in [0.25, 0.3) is 5.88 Å². The maximum atomic E-state index is 14.1. The first-order valence-electron chi connectivity index (χ1n) is 6.99. The molecular formula is C17H19FN2O. The second kappa shape index (κ2) is 8.17. The molecule has 0 saturated carbocycles. The number of halogens is 1. The zero-order chi connectivity index (χ0) is 14.9. The molecule has 2 rings (SSSR count). The summed E-state index contributed by atoms with van der Waals surface area (Å²) in [7, 11) is 0. The van der Waals surface area contributed by atoms with Crippen molar-refractivity contribution < 1.29 is 9.13 Å². The van der Waals surface area contributed by atoms with Crippen molar-refractivity contribution in [2.24, 2.45) is 0 Å². The molecule has 110 valence electrons. The summed E-state index contributed by atoms with van der Waals surface area (Å²) in [4.78, 5) is 3.93. The van der Waals surface area contributed by atoms with Crippen molar-refractivity contribution in [1.29, 1.82) is 0 Å². The average molecular weight is 286 g/mol. The Morgan fingerprint density at radius 2 is 2.05 bits per heavy atom. The normalized spacial score (nSPS) is 11.0. The van der Waals surface area contributed by atoms with Gasteiger partial charge >= 0.3 is 0 Å². The highest BCUT2D eigenvalue weighted by Gasteiger charge is 2.09. The quantitative estimate of drug-likeness (QED) is 0.847. The molecule has 2 aromatic rings. The van der Waals surface area contributed by atoms with Crippen LogP contribution in [0.1, 0.15) is 18.1 Å². The van der Waals surface area contributed by atoms with E-state index in [1.165, 1.54) is 0 Å². The molecule has 0 bridgehead atoms. The molecular weight excluding hydrogens is 267 g/mol. The first kappa shape index (κ1) is 15.2. The Balaban J connectivity index is 1.92. The van der Waals surface area contributed by atoms with E-state index in [9.17, 15) is 4.39 Å². The third kappa shape index (κ3) is 4.68. The summed E-state index contributed by atoms with van der Waals surface area (Å²) < 4.78 is 19.5. The van der Waals surface area contributed by atoms with Crippen molar-refractivity contribution in [3.8, 4) is 5.88 Å². The predicted octanol–water partition coefficient (Wildman–Crippen LogP) is 3.42. The molecule has 0 atom stereocenters. The van der Waals surface area contributed by atoms with E-state index in [1.807, 2.05) is 49.4 Å².